The van der Waals surface area contributed by atoms with E-state index in [0.29, 0.717) is 5.56 Å². The molecule has 1 aliphatic carbocycles. The summed E-state index contributed by atoms with van der Waals surface area (Å²) in [6.45, 7) is 5.57. The maximum Gasteiger partial charge on any atom is 0.418 e. The van der Waals surface area contributed by atoms with Crippen molar-refractivity contribution >= 4 is 11.9 Å². The van der Waals surface area contributed by atoms with Gasteiger partial charge in [-0.2, -0.15) is 0 Å². The lowest BCUT2D eigenvalue weighted by Gasteiger charge is -2.52. The Bertz CT molecular complexity index is 1570. The van der Waals surface area contributed by atoms with Gasteiger partial charge < -0.3 is 23.7 Å². The first-order valence-corrected chi connectivity index (χ1v) is 14.2. The van der Waals surface area contributed by atoms with Gasteiger partial charge in [0.1, 0.15) is 17.9 Å². The van der Waals surface area contributed by atoms with E-state index in [1.165, 1.54) is 10.8 Å². The average molecular weight is 593 g/mol. The van der Waals surface area contributed by atoms with Crippen LogP contribution in [0.2, 0.25) is 0 Å². The third kappa shape index (κ3) is 5.80. The number of nitrogens with one attached hydrogen (secondary N) is 1. The Morgan fingerprint density at radius 1 is 1.00 bits per heavy atom. The molecule has 0 unspecified atom stereocenters. The number of rotatable bonds is 9. The van der Waals surface area contributed by atoms with E-state index < -0.39 is 52.6 Å². The minimum Gasteiger partial charge on any atom is -0.461 e. The molecule has 228 valence electrons. The van der Waals surface area contributed by atoms with Crippen molar-refractivity contribution in [3.63, 3.8) is 0 Å². The van der Waals surface area contributed by atoms with Crippen LogP contribution < -0.4 is 11.2 Å². The summed E-state index contributed by atoms with van der Waals surface area (Å²) in [5.74, 6) is -2.98. The van der Waals surface area contributed by atoms with Gasteiger partial charge in [0.2, 0.25) is 0 Å². The van der Waals surface area contributed by atoms with Crippen molar-refractivity contribution in [3.05, 3.63) is 104 Å². The van der Waals surface area contributed by atoms with Crippen LogP contribution in [0.25, 0.3) is 0 Å². The number of carbonyl (C=O) groups excluding carboxylic acids is 2. The van der Waals surface area contributed by atoms with Gasteiger partial charge in [-0.05, 0) is 37.3 Å². The molecule has 5 rings (SSSR count). The average Bonchev–Trinajstić information content (AvgIpc) is 3.29. The van der Waals surface area contributed by atoms with Crippen LogP contribution in [0.1, 0.15) is 43.2 Å². The molecule has 2 bridgehead atoms. The zero-order valence-corrected chi connectivity index (χ0v) is 24.6. The fourth-order valence-electron chi connectivity index (χ4n) is 6.39. The van der Waals surface area contributed by atoms with Crippen LogP contribution in [0.5, 0.6) is 0 Å². The highest BCUT2D eigenvalue weighted by atomic mass is 16.7. The largest absolute Gasteiger partial charge is 0.461 e. The van der Waals surface area contributed by atoms with Crippen LogP contribution in [0.15, 0.2) is 76.4 Å². The monoisotopic (exact) mass is 592 g/mol. The number of aryl methyl sites for hydroxylation is 1. The predicted octanol–water partition coefficient (Wildman–Crippen LogP) is 3.05. The molecule has 0 radical (unpaired) electrons. The second kappa shape index (κ2) is 12.3. The van der Waals surface area contributed by atoms with E-state index in [0.717, 1.165) is 18.2 Å². The highest BCUT2D eigenvalue weighted by molar-refractivity contribution is 6.29. The Hall–Kier alpha value is -4.06. The molecule has 11 nitrogen and oxygen atoms in total. The fraction of sp³-hybridized carbons (Fsp3) is 0.438. The van der Waals surface area contributed by atoms with Gasteiger partial charge in [0, 0.05) is 17.7 Å². The van der Waals surface area contributed by atoms with Gasteiger partial charge in [0.15, 0.2) is 5.60 Å². The topological polar surface area (TPSA) is 135 Å². The van der Waals surface area contributed by atoms with Crippen molar-refractivity contribution < 1.29 is 33.3 Å². The molecule has 43 heavy (non-hydrogen) atoms. The number of carbonyl (C=O) groups is 2. The Kier molecular flexibility index (Phi) is 8.68. The smallest absolute Gasteiger partial charge is 0.418 e. The number of fused-ring (bicyclic) bond motifs is 2. The molecule has 1 N–H and O–H groups in total. The van der Waals surface area contributed by atoms with Crippen molar-refractivity contribution in [1.29, 1.82) is 0 Å². The zero-order valence-electron chi connectivity index (χ0n) is 24.6. The summed E-state index contributed by atoms with van der Waals surface area (Å²) in [4.78, 5) is 52.9. The van der Waals surface area contributed by atoms with Gasteiger partial charge in [-0.1, -0.05) is 67.6 Å². The van der Waals surface area contributed by atoms with E-state index in [2.05, 4.69) is 9.72 Å². The molecule has 2 aliphatic rings. The SMILES string of the molecule is COC(=O)C(=O)O[C@]1(C)C[C@@H](C)[C@H]2[C@H](n3cc(C)c(=O)[nH]c3=O)O[C@]1(COCc1ccccc1)[C@H]2OCc1ccccc1. The third-order valence-corrected chi connectivity index (χ3v) is 8.52. The molecule has 0 amide bonds. The number of aromatic nitrogens is 2. The molecular weight excluding hydrogens is 556 g/mol. The lowest BCUT2D eigenvalue weighted by Crippen LogP contribution is -2.68. The minimum atomic E-state index is -1.47. The van der Waals surface area contributed by atoms with Gasteiger partial charge in [0.05, 0.1) is 26.9 Å². The van der Waals surface area contributed by atoms with Crippen molar-refractivity contribution in [2.75, 3.05) is 13.7 Å². The number of ether oxygens (including phenoxy) is 5. The molecule has 1 saturated heterocycles. The van der Waals surface area contributed by atoms with Crippen LogP contribution in [0, 0.1) is 18.8 Å². The standard InChI is InChI=1S/C32H36N2O9/c1-20-15-31(3,43-29(37)28(36)39-4)32(19-40-17-22-11-7-5-8-12-22)25(41-18-23-13-9-6-10-14-23)24(20)27(42-32)34-16-21(2)26(35)33-30(34)38/h5-14,16,20,24-25,27H,15,17-19H2,1-4H3,(H,33,35,38)/t20-,24-,25+,27-,31-,32-/m1/s1. The van der Waals surface area contributed by atoms with Crippen LogP contribution in [-0.2, 0) is 46.5 Å². The van der Waals surface area contributed by atoms with E-state index in [4.69, 9.17) is 18.9 Å². The molecule has 11 heteroatoms. The van der Waals surface area contributed by atoms with Gasteiger partial charge in [-0.3, -0.25) is 14.3 Å². The van der Waals surface area contributed by atoms with E-state index in [-0.39, 0.29) is 32.2 Å². The summed E-state index contributed by atoms with van der Waals surface area (Å²) in [7, 11) is 1.10. The second-order valence-corrected chi connectivity index (χ2v) is 11.4. The first-order valence-electron chi connectivity index (χ1n) is 14.2. The summed E-state index contributed by atoms with van der Waals surface area (Å²) in [5, 5.41) is 0. The lowest BCUT2D eigenvalue weighted by atomic mass is 9.63. The number of esters is 2. The number of hydrogen-bond acceptors (Lipinski definition) is 9. The summed E-state index contributed by atoms with van der Waals surface area (Å²) in [6.07, 6.45) is 0.0714. The van der Waals surface area contributed by atoms with Gasteiger partial charge >= 0.3 is 17.6 Å². The van der Waals surface area contributed by atoms with Crippen LogP contribution in [-0.4, -0.2) is 52.5 Å². The Balaban J connectivity index is 1.61. The predicted molar refractivity (Wildman–Crippen MR) is 154 cm³/mol. The molecule has 2 fully saturated rings. The van der Waals surface area contributed by atoms with Gasteiger partial charge in [-0.15, -0.1) is 0 Å². The summed E-state index contributed by atoms with van der Waals surface area (Å²) >= 11 is 0. The number of hydrogen-bond donors (Lipinski definition) is 1. The highest BCUT2D eigenvalue weighted by Gasteiger charge is 2.72. The number of H-pyrrole nitrogens is 1. The number of methoxy groups -OCH3 is 1. The van der Waals surface area contributed by atoms with E-state index in [1.807, 2.05) is 67.6 Å². The molecule has 0 spiro atoms. The molecule has 2 heterocycles. The van der Waals surface area contributed by atoms with Crippen molar-refractivity contribution in [3.8, 4) is 0 Å². The number of nitrogens with zero attached hydrogens (tertiary/aromatic N) is 1. The Morgan fingerprint density at radius 2 is 1.63 bits per heavy atom. The molecular formula is C32H36N2O9. The Labute approximate surface area is 248 Å². The van der Waals surface area contributed by atoms with Gasteiger partial charge in [0.25, 0.3) is 5.56 Å². The quantitative estimate of drug-likeness (QED) is 0.294. The molecule has 2 aromatic carbocycles. The van der Waals surface area contributed by atoms with E-state index >= 15 is 0 Å². The molecule has 1 aromatic heterocycles. The summed E-state index contributed by atoms with van der Waals surface area (Å²) in [6, 6.07) is 19.1. The fourth-order valence-corrected chi connectivity index (χ4v) is 6.39. The van der Waals surface area contributed by atoms with Gasteiger partial charge in [-0.25, -0.2) is 14.4 Å². The first kappa shape index (κ1) is 30.4. The van der Waals surface area contributed by atoms with Crippen molar-refractivity contribution in [2.24, 2.45) is 11.8 Å². The van der Waals surface area contributed by atoms with E-state index in [9.17, 15) is 19.2 Å². The molecule has 3 aromatic rings. The second-order valence-electron chi connectivity index (χ2n) is 11.4. The highest BCUT2D eigenvalue weighted by Crippen LogP contribution is 2.59. The molecule has 1 saturated carbocycles. The lowest BCUT2D eigenvalue weighted by molar-refractivity contribution is -0.260. The van der Waals surface area contributed by atoms with Crippen LogP contribution >= 0.6 is 0 Å². The molecule has 1 aliphatic heterocycles. The number of benzene rings is 2. The number of aromatic amines is 1. The maximum absolute atomic E-state index is 13.1. The van der Waals surface area contributed by atoms with Crippen molar-refractivity contribution in [1.82, 2.24) is 9.55 Å². The van der Waals surface area contributed by atoms with Crippen LogP contribution in [0.3, 0.4) is 0 Å². The summed E-state index contributed by atoms with van der Waals surface area (Å²) < 4.78 is 31.7. The van der Waals surface area contributed by atoms with E-state index in [1.54, 1.807) is 13.8 Å². The minimum absolute atomic E-state index is 0.0941. The normalized spacial score (nSPS) is 27.9. The zero-order chi connectivity index (χ0) is 30.8. The van der Waals surface area contributed by atoms with Crippen molar-refractivity contribution in [2.45, 2.75) is 63.9 Å². The third-order valence-electron chi connectivity index (χ3n) is 8.52. The maximum atomic E-state index is 13.1. The van der Waals surface area contributed by atoms with Crippen LogP contribution in [0.4, 0.5) is 0 Å². The molecule has 6 atom stereocenters. The Morgan fingerprint density at radius 3 is 2.26 bits per heavy atom. The summed E-state index contributed by atoms with van der Waals surface area (Å²) in [5.41, 5.74) is -1.90. The first-order chi connectivity index (χ1) is 20.6.